The van der Waals surface area contributed by atoms with Gasteiger partial charge >= 0.3 is 0 Å². The average Bonchev–Trinajstić information content (AvgIpc) is 2.46. The van der Waals surface area contributed by atoms with Gasteiger partial charge in [-0.05, 0) is 55.9 Å². The molecule has 3 rings (SSSR count). The van der Waals surface area contributed by atoms with Crippen molar-refractivity contribution in [3.63, 3.8) is 0 Å². The molecule has 1 aromatic rings. The van der Waals surface area contributed by atoms with Crippen molar-refractivity contribution in [2.24, 2.45) is 0 Å². The van der Waals surface area contributed by atoms with Gasteiger partial charge in [-0.2, -0.15) is 0 Å². The smallest absolute Gasteiger partial charge is 0.119 e. The van der Waals surface area contributed by atoms with Gasteiger partial charge in [0.25, 0.3) is 0 Å². The zero-order valence-corrected chi connectivity index (χ0v) is 10.8. The van der Waals surface area contributed by atoms with Gasteiger partial charge in [0.1, 0.15) is 12.4 Å². The normalized spacial score (nSPS) is 23.0. The highest BCUT2D eigenvalue weighted by Crippen LogP contribution is 2.26. The Labute approximate surface area is 108 Å². The van der Waals surface area contributed by atoms with Gasteiger partial charge in [-0.25, -0.2) is 0 Å². The summed E-state index contributed by atoms with van der Waals surface area (Å²) in [6.45, 7) is 2.66. The Morgan fingerprint density at radius 1 is 1.28 bits per heavy atom. The predicted molar refractivity (Wildman–Crippen MR) is 72.3 cm³/mol. The van der Waals surface area contributed by atoms with E-state index in [2.05, 4.69) is 23.5 Å². The van der Waals surface area contributed by atoms with Crippen molar-refractivity contribution >= 4 is 5.69 Å². The molecule has 0 radical (unpaired) electrons. The summed E-state index contributed by atoms with van der Waals surface area (Å²) < 4.78 is 11.5. The van der Waals surface area contributed by atoms with E-state index in [9.17, 15) is 0 Å². The van der Waals surface area contributed by atoms with Gasteiger partial charge in [0.15, 0.2) is 0 Å². The van der Waals surface area contributed by atoms with Crippen molar-refractivity contribution in [3.05, 3.63) is 23.8 Å². The highest BCUT2D eigenvalue weighted by molar-refractivity contribution is 5.55. The van der Waals surface area contributed by atoms with Gasteiger partial charge in [-0.1, -0.05) is 0 Å². The molecule has 1 unspecified atom stereocenters. The number of benzene rings is 1. The summed E-state index contributed by atoms with van der Waals surface area (Å²) in [4.78, 5) is 0. The van der Waals surface area contributed by atoms with Crippen molar-refractivity contribution < 1.29 is 9.47 Å². The molecule has 0 spiro atoms. The van der Waals surface area contributed by atoms with Crippen LogP contribution >= 0.6 is 0 Å². The second kappa shape index (κ2) is 5.61. The van der Waals surface area contributed by atoms with Gasteiger partial charge in [0, 0.05) is 18.8 Å². The molecule has 0 bridgehead atoms. The van der Waals surface area contributed by atoms with Crippen LogP contribution in [-0.4, -0.2) is 25.9 Å². The maximum Gasteiger partial charge on any atom is 0.119 e. The summed E-state index contributed by atoms with van der Waals surface area (Å²) in [5, 5.41) is 3.42. The standard InChI is InChI=1S/C15H21NO2/c1-2-9-17-14(5-1)11-18-13-6-7-15-12(10-13)4-3-8-16-15/h6-7,10,14,16H,1-5,8-9,11H2. The first-order valence-corrected chi connectivity index (χ1v) is 7.03. The number of anilines is 1. The highest BCUT2D eigenvalue weighted by Gasteiger charge is 2.15. The van der Waals surface area contributed by atoms with Gasteiger partial charge in [-0.3, -0.25) is 0 Å². The lowest BCUT2D eigenvalue weighted by Crippen LogP contribution is -2.25. The molecule has 3 nitrogen and oxygen atoms in total. The third kappa shape index (κ3) is 2.78. The molecule has 1 fully saturated rings. The second-order valence-corrected chi connectivity index (χ2v) is 5.15. The summed E-state index contributed by atoms with van der Waals surface area (Å²) >= 11 is 0. The molecular weight excluding hydrogens is 226 g/mol. The summed E-state index contributed by atoms with van der Waals surface area (Å²) in [5.41, 5.74) is 2.64. The maximum absolute atomic E-state index is 5.86. The SMILES string of the molecule is c1cc2c(cc1OCC1CCCCO1)CCCN2. The number of fused-ring (bicyclic) bond motifs is 1. The van der Waals surface area contributed by atoms with Gasteiger partial charge < -0.3 is 14.8 Å². The Morgan fingerprint density at radius 2 is 2.28 bits per heavy atom. The number of aryl methyl sites for hydroxylation is 1. The van der Waals surface area contributed by atoms with Gasteiger partial charge in [-0.15, -0.1) is 0 Å². The van der Waals surface area contributed by atoms with Crippen molar-refractivity contribution in [2.45, 2.75) is 38.2 Å². The van der Waals surface area contributed by atoms with E-state index in [1.54, 1.807) is 0 Å². The molecule has 0 aliphatic carbocycles. The van der Waals surface area contributed by atoms with Crippen molar-refractivity contribution in [2.75, 3.05) is 25.1 Å². The quantitative estimate of drug-likeness (QED) is 0.890. The van der Waals surface area contributed by atoms with Crippen LogP contribution in [0, 0.1) is 0 Å². The monoisotopic (exact) mass is 247 g/mol. The molecule has 0 amide bonds. The minimum absolute atomic E-state index is 0.285. The van der Waals surface area contributed by atoms with E-state index in [0.29, 0.717) is 6.61 Å². The minimum Gasteiger partial charge on any atom is -0.491 e. The van der Waals surface area contributed by atoms with Crippen molar-refractivity contribution in [1.29, 1.82) is 0 Å². The van der Waals surface area contributed by atoms with Crippen LogP contribution in [-0.2, 0) is 11.2 Å². The average molecular weight is 247 g/mol. The molecule has 1 aromatic carbocycles. The van der Waals surface area contributed by atoms with Crippen LogP contribution in [0.1, 0.15) is 31.2 Å². The molecule has 0 aromatic heterocycles. The Hall–Kier alpha value is -1.22. The highest BCUT2D eigenvalue weighted by atomic mass is 16.5. The largest absolute Gasteiger partial charge is 0.491 e. The van der Waals surface area contributed by atoms with E-state index >= 15 is 0 Å². The third-order valence-electron chi connectivity index (χ3n) is 3.72. The van der Waals surface area contributed by atoms with Crippen molar-refractivity contribution in [1.82, 2.24) is 0 Å². The fraction of sp³-hybridized carbons (Fsp3) is 0.600. The Balaban J connectivity index is 1.58. The van der Waals surface area contributed by atoms with Crippen LogP contribution in [0.4, 0.5) is 5.69 Å². The molecule has 2 aliphatic heterocycles. The van der Waals surface area contributed by atoms with E-state index in [-0.39, 0.29) is 6.10 Å². The lowest BCUT2D eigenvalue weighted by atomic mass is 10.0. The Bertz CT molecular complexity index is 399. The molecule has 98 valence electrons. The first-order valence-electron chi connectivity index (χ1n) is 7.03. The molecule has 1 saturated heterocycles. The molecule has 3 heteroatoms. The summed E-state index contributed by atoms with van der Waals surface area (Å²) in [5.74, 6) is 0.978. The molecule has 1 N–H and O–H groups in total. The fourth-order valence-electron chi connectivity index (χ4n) is 2.67. The van der Waals surface area contributed by atoms with Crippen LogP contribution in [0.5, 0.6) is 5.75 Å². The van der Waals surface area contributed by atoms with Gasteiger partial charge in [0.2, 0.25) is 0 Å². The lowest BCUT2D eigenvalue weighted by molar-refractivity contribution is -0.0110. The molecular formula is C15H21NO2. The zero-order valence-electron chi connectivity index (χ0n) is 10.8. The molecule has 2 heterocycles. The number of hydrogen-bond acceptors (Lipinski definition) is 3. The number of hydrogen-bond donors (Lipinski definition) is 1. The Morgan fingerprint density at radius 3 is 3.17 bits per heavy atom. The van der Waals surface area contributed by atoms with E-state index in [4.69, 9.17) is 9.47 Å². The Kier molecular flexibility index (Phi) is 3.69. The first-order chi connectivity index (χ1) is 8.92. The maximum atomic E-state index is 5.86. The van der Waals surface area contributed by atoms with Crippen LogP contribution < -0.4 is 10.1 Å². The van der Waals surface area contributed by atoms with E-state index in [1.807, 2.05) is 0 Å². The molecule has 2 aliphatic rings. The molecule has 0 saturated carbocycles. The summed E-state index contributed by atoms with van der Waals surface area (Å²) in [7, 11) is 0. The van der Waals surface area contributed by atoms with Crippen LogP contribution in [0.25, 0.3) is 0 Å². The first kappa shape index (κ1) is 11.8. The lowest BCUT2D eigenvalue weighted by Gasteiger charge is -2.23. The number of rotatable bonds is 3. The van der Waals surface area contributed by atoms with E-state index in [1.165, 1.54) is 30.5 Å². The fourth-order valence-corrected chi connectivity index (χ4v) is 2.67. The molecule has 18 heavy (non-hydrogen) atoms. The minimum atomic E-state index is 0.285. The topological polar surface area (TPSA) is 30.5 Å². The summed E-state index contributed by atoms with van der Waals surface area (Å²) in [6.07, 6.45) is 6.24. The third-order valence-corrected chi connectivity index (χ3v) is 3.72. The van der Waals surface area contributed by atoms with Gasteiger partial charge in [0.05, 0.1) is 6.10 Å². The predicted octanol–water partition coefficient (Wildman–Crippen LogP) is 2.99. The zero-order chi connectivity index (χ0) is 12.2. The number of ether oxygens (including phenoxy) is 2. The molecule has 1 atom stereocenters. The van der Waals surface area contributed by atoms with E-state index in [0.717, 1.165) is 31.7 Å². The second-order valence-electron chi connectivity index (χ2n) is 5.15. The number of nitrogens with one attached hydrogen (secondary N) is 1. The van der Waals surface area contributed by atoms with Crippen LogP contribution in [0.3, 0.4) is 0 Å². The van der Waals surface area contributed by atoms with E-state index < -0.39 is 0 Å². The van der Waals surface area contributed by atoms with Crippen LogP contribution in [0.15, 0.2) is 18.2 Å². The van der Waals surface area contributed by atoms with Crippen molar-refractivity contribution in [3.8, 4) is 5.75 Å². The van der Waals surface area contributed by atoms with Crippen LogP contribution in [0.2, 0.25) is 0 Å². The summed E-state index contributed by atoms with van der Waals surface area (Å²) in [6, 6.07) is 6.36.